The Morgan fingerprint density at radius 3 is 2.70 bits per heavy atom. The van der Waals surface area contributed by atoms with Crippen molar-refractivity contribution in [1.82, 2.24) is 5.32 Å². The molecule has 1 fully saturated rings. The molecule has 2 rings (SSSR count). The lowest BCUT2D eigenvalue weighted by atomic mass is 9.83. The number of halogens is 1. The Bertz CT molecular complexity index is 468. The highest BCUT2D eigenvalue weighted by Gasteiger charge is 2.23. The number of rotatable bonds is 4. The van der Waals surface area contributed by atoms with Crippen LogP contribution in [0.25, 0.3) is 0 Å². The number of amides is 1. The first-order chi connectivity index (χ1) is 9.60. The molecule has 0 spiro atoms. The lowest BCUT2D eigenvalue weighted by Crippen LogP contribution is -2.37. The molecule has 110 valence electrons. The van der Waals surface area contributed by atoms with Crippen molar-refractivity contribution in [2.24, 2.45) is 5.92 Å². The van der Waals surface area contributed by atoms with E-state index < -0.39 is 0 Å². The zero-order chi connectivity index (χ0) is 14.5. The first-order valence-corrected chi connectivity index (χ1v) is 8.18. The van der Waals surface area contributed by atoms with Crippen molar-refractivity contribution in [3.63, 3.8) is 0 Å². The summed E-state index contributed by atoms with van der Waals surface area (Å²) < 4.78 is 0.798. The number of carbonyl (C=O) groups excluding carboxylic acids is 1. The van der Waals surface area contributed by atoms with Crippen molar-refractivity contribution in [2.75, 3.05) is 0 Å². The lowest BCUT2D eigenvalue weighted by Gasteiger charge is -2.29. The second-order valence-corrected chi connectivity index (χ2v) is 6.56. The zero-order valence-electron chi connectivity index (χ0n) is 11.9. The van der Waals surface area contributed by atoms with Gasteiger partial charge in [0.25, 0.3) is 5.91 Å². The number of phenols is 1. The second-order valence-electron chi connectivity index (χ2n) is 5.64. The Morgan fingerprint density at radius 2 is 2.05 bits per heavy atom. The third-order valence-corrected chi connectivity index (χ3v) is 4.58. The van der Waals surface area contributed by atoms with E-state index >= 15 is 0 Å². The van der Waals surface area contributed by atoms with Crippen LogP contribution in [-0.4, -0.2) is 17.1 Å². The van der Waals surface area contributed by atoms with Crippen LogP contribution < -0.4 is 5.32 Å². The van der Waals surface area contributed by atoms with Crippen molar-refractivity contribution in [3.05, 3.63) is 28.2 Å². The Hall–Kier alpha value is -1.03. The van der Waals surface area contributed by atoms with Crippen LogP contribution in [0.4, 0.5) is 0 Å². The van der Waals surface area contributed by atoms with Gasteiger partial charge in [0, 0.05) is 10.5 Å². The number of benzene rings is 1. The van der Waals surface area contributed by atoms with Crippen LogP contribution in [0, 0.1) is 5.92 Å². The fourth-order valence-corrected chi connectivity index (χ4v) is 3.32. The van der Waals surface area contributed by atoms with Gasteiger partial charge >= 0.3 is 0 Å². The molecule has 0 bridgehead atoms. The van der Waals surface area contributed by atoms with Gasteiger partial charge in [-0.15, -0.1) is 0 Å². The molecule has 1 aromatic rings. The predicted octanol–water partition coefficient (Wildman–Crippen LogP) is 4.24. The summed E-state index contributed by atoms with van der Waals surface area (Å²) in [6.45, 7) is 2.23. The first-order valence-electron chi connectivity index (χ1n) is 7.39. The topological polar surface area (TPSA) is 49.3 Å². The summed E-state index contributed by atoms with van der Waals surface area (Å²) in [7, 11) is 0. The van der Waals surface area contributed by atoms with Crippen LogP contribution in [0.15, 0.2) is 22.7 Å². The number of aromatic hydroxyl groups is 1. The smallest absolute Gasteiger partial charge is 0.255 e. The predicted molar refractivity (Wildman–Crippen MR) is 83.9 cm³/mol. The van der Waals surface area contributed by atoms with Crippen LogP contribution in [0.3, 0.4) is 0 Å². The van der Waals surface area contributed by atoms with E-state index in [1.807, 2.05) is 0 Å². The molecule has 1 amide bonds. The SMILES string of the molecule is CCCC1CCC(NC(=O)c2cc(Br)ccc2O)CC1. The average Bonchev–Trinajstić information content (AvgIpc) is 2.44. The summed E-state index contributed by atoms with van der Waals surface area (Å²) >= 11 is 3.32. The van der Waals surface area contributed by atoms with Crippen molar-refractivity contribution in [2.45, 2.75) is 51.5 Å². The largest absolute Gasteiger partial charge is 0.507 e. The van der Waals surface area contributed by atoms with E-state index in [-0.39, 0.29) is 17.7 Å². The quantitative estimate of drug-likeness (QED) is 0.861. The van der Waals surface area contributed by atoms with E-state index in [1.165, 1.54) is 31.7 Å². The highest BCUT2D eigenvalue weighted by Crippen LogP contribution is 2.28. The van der Waals surface area contributed by atoms with Gasteiger partial charge in [0.15, 0.2) is 0 Å². The first kappa shape index (κ1) is 15.4. The number of hydrogen-bond acceptors (Lipinski definition) is 2. The molecule has 0 aromatic heterocycles. The van der Waals surface area contributed by atoms with Gasteiger partial charge in [-0.3, -0.25) is 4.79 Å². The van der Waals surface area contributed by atoms with Crippen LogP contribution in [0.5, 0.6) is 5.75 Å². The molecule has 0 heterocycles. The van der Waals surface area contributed by atoms with Gasteiger partial charge in [0.05, 0.1) is 5.56 Å². The minimum atomic E-state index is -0.178. The highest BCUT2D eigenvalue weighted by molar-refractivity contribution is 9.10. The maximum Gasteiger partial charge on any atom is 0.255 e. The number of carbonyl (C=O) groups is 1. The number of phenolic OH excluding ortho intramolecular Hbond substituents is 1. The van der Waals surface area contributed by atoms with Gasteiger partial charge in [-0.05, 0) is 49.8 Å². The fraction of sp³-hybridized carbons (Fsp3) is 0.562. The molecule has 0 atom stereocenters. The molecule has 4 heteroatoms. The van der Waals surface area contributed by atoms with Crippen LogP contribution in [0.1, 0.15) is 55.8 Å². The molecule has 1 aliphatic carbocycles. The highest BCUT2D eigenvalue weighted by atomic mass is 79.9. The van der Waals surface area contributed by atoms with E-state index in [9.17, 15) is 9.90 Å². The monoisotopic (exact) mass is 339 g/mol. The molecule has 2 N–H and O–H groups in total. The lowest BCUT2D eigenvalue weighted by molar-refractivity contribution is 0.0918. The van der Waals surface area contributed by atoms with Gasteiger partial charge in [-0.2, -0.15) is 0 Å². The molecule has 0 aliphatic heterocycles. The second kappa shape index (κ2) is 7.11. The summed E-state index contributed by atoms with van der Waals surface area (Å²) in [6, 6.07) is 5.17. The third-order valence-electron chi connectivity index (χ3n) is 4.08. The van der Waals surface area contributed by atoms with E-state index in [1.54, 1.807) is 12.1 Å². The zero-order valence-corrected chi connectivity index (χ0v) is 13.4. The number of hydrogen-bond donors (Lipinski definition) is 2. The summed E-state index contributed by atoms with van der Waals surface area (Å²) in [5.74, 6) is 0.681. The maximum absolute atomic E-state index is 12.2. The summed E-state index contributed by atoms with van der Waals surface area (Å²) in [5.41, 5.74) is 0.343. The fourth-order valence-electron chi connectivity index (χ4n) is 2.96. The summed E-state index contributed by atoms with van der Waals surface area (Å²) in [4.78, 5) is 12.2. The Labute approximate surface area is 128 Å². The Morgan fingerprint density at radius 1 is 1.35 bits per heavy atom. The van der Waals surface area contributed by atoms with Crippen LogP contribution in [0.2, 0.25) is 0 Å². The molecule has 0 saturated heterocycles. The van der Waals surface area contributed by atoms with E-state index in [4.69, 9.17) is 0 Å². The molecule has 0 unspecified atom stereocenters. The van der Waals surface area contributed by atoms with Crippen LogP contribution in [-0.2, 0) is 0 Å². The molecule has 1 aliphatic rings. The number of nitrogens with one attached hydrogen (secondary N) is 1. The van der Waals surface area contributed by atoms with Crippen molar-refractivity contribution in [3.8, 4) is 5.75 Å². The van der Waals surface area contributed by atoms with Gasteiger partial charge in [0.2, 0.25) is 0 Å². The van der Waals surface area contributed by atoms with Crippen LogP contribution >= 0.6 is 15.9 Å². The minimum absolute atomic E-state index is 0.0327. The maximum atomic E-state index is 12.2. The van der Waals surface area contributed by atoms with Gasteiger partial charge < -0.3 is 10.4 Å². The standard InChI is InChI=1S/C16H22BrNO2/c1-2-3-11-4-7-13(8-5-11)18-16(20)14-10-12(17)6-9-15(14)19/h6,9-11,13,19H,2-5,7-8H2,1H3,(H,18,20). The molecule has 1 saturated carbocycles. The van der Waals surface area contributed by atoms with Gasteiger partial charge in [-0.1, -0.05) is 35.7 Å². The average molecular weight is 340 g/mol. The van der Waals surface area contributed by atoms with E-state index in [2.05, 4.69) is 28.2 Å². The van der Waals surface area contributed by atoms with Crippen molar-refractivity contribution < 1.29 is 9.90 Å². The van der Waals surface area contributed by atoms with Crippen molar-refractivity contribution in [1.29, 1.82) is 0 Å². The van der Waals surface area contributed by atoms with E-state index in [0.29, 0.717) is 5.56 Å². The van der Waals surface area contributed by atoms with Crippen molar-refractivity contribution >= 4 is 21.8 Å². The normalized spacial score (nSPS) is 22.5. The third kappa shape index (κ3) is 3.98. The molecular formula is C16H22BrNO2. The molecule has 0 radical (unpaired) electrons. The van der Waals surface area contributed by atoms with Gasteiger partial charge in [0.1, 0.15) is 5.75 Å². The Kier molecular flexibility index (Phi) is 5.46. The van der Waals surface area contributed by atoms with E-state index in [0.717, 1.165) is 23.2 Å². The minimum Gasteiger partial charge on any atom is -0.507 e. The summed E-state index contributed by atoms with van der Waals surface area (Å²) in [6.07, 6.45) is 7.03. The molecular weight excluding hydrogens is 318 g/mol. The van der Waals surface area contributed by atoms with Gasteiger partial charge in [-0.25, -0.2) is 0 Å². The molecule has 3 nitrogen and oxygen atoms in total. The Balaban J connectivity index is 1.91. The molecule has 1 aromatic carbocycles. The molecule has 20 heavy (non-hydrogen) atoms. The summed E-state index contributed by atoms with van der Waals surface area (Å²) in [5, 5.41) is 12.8.